The zero-order valence-corrected chi connectivity index (χ0v) is 11.9. The smallest absolute Gasteiger partial charge is 0.165 e. The largest absolute Gasteiger partial charge is 0.486 e. The first-order valence-electron chi connectivity index (χ1n) is 6.90. The van der Waals surface area contributed by atoms with Crippen molar-refractivity contribution in [1.29, 1.82) is 0 Å². The number of rotatable bonds is 7. The van der Waals surface area contributed by atoms with E-state index in [1.54, 1.807) is 6.07 Å². The van der Waals surface area contributed by atoms with Crippen LogP contribution in [0.15, 0.2) is 36.7 Å². The molecule has 1 aromatic heterocycles. The van der Waals surface area contributed by atoms with Crippen LogP contribution in [0.25, 0.3) is 0 Å². The van der Waals surface area contributed by atoms with Gasteiger partial charge in [0.25, 0.3) is 0 Å². The normalized spacial score (nSPS) is 10.6. The Hall–Kier alpha value is -2.01. The molecule has 3 nitrogen and oxygen atoms in total. The van der Waals surface area contributed by atoms with Gasteiger partial charge in [-0.05, 0) is 36.7 Å². The Bertz CT molecular complexity index is 590. The van der Waals surface area contributed by atoms with Crippen molar-refractivity contribution in [2.45, 2.75) is 26.5 Å². The highest BCUT2D eigenvalue weighted by Crippen LogP contribution is 2.19. The highest BCUT2D eigenvalue weighted by molar-refractivity contribution is 5.29. The third-order valence-electron chi connectivity index (χ3n) is 2.91. The molecule has 0 fully saturated rings. The lowest BCUT2D eigenvalue weighted by Gasteiger charge is -2.09. The molecule has 0 amide bonds. The third kappa shape index (κ3) is 4.79. The quantitative estimate of drug-likeness (QED) is 0.794. The Balaban J connectivity index is 1.94. The van der Waals surface area contributed by atoms with E-state index in [2.05, 4.69) is 17.2 Å². The summed E-state index contributed by atoms with van der Waals surface area (Å²) in [4.78, 5) is 3.72. The van der Waals surface area contributed by atoms with Gasteiger partial charge in [-0.25, -0.2) is 8.78 Å². The average molecular weight is 292 g/mol. The average Bonchev–Trinajstić information content (AvgIpc) is 2.47. The van der Waals surface area contributed by atoms with E-state index >= 15 is 0 Å². The second-order valence-corrected chi connectivity index (χ2v) is 4.74. The van der Waals surface area contributed by atoms with Gasteiger partial charge in [0.1, 0.15) is 12.4 Å². The molecule has 21 heavy (non-hydrogen) atoms. The van der Waals surface area contributed by atoms with Crippen LogP contribution in [0.4, 0.5) is 8.78 Å². The fraction of sp³-hybridized carbons (Fsp3) is 0.312. The molecule has 0 radical (unpaired) electrons. The van der Waals surface area contributed by atoms with Crippen LogP contribution in [0.5, 0.6) is 5.75 Å². The second-order valence-electron chi connectivity index (χ2n) is 4.74. The van der Waals surface area contributed by atoms with E-state index in [4.69, 9.17) is 4.74 Å². The van der Waals surface area contributed by atoms with Gasteiger partial charge in [-0.2, -0.15) is 0 Å². The summed E-state index contributed by atoms with van der Waals surface area (Å²) in [5.41, 5.74) is 1.42. The molecule has 112 valence electrons. The van der Waals surface area contributed by atoms with Gasteiger partial charge in [-0.3, -0.25) is 4.98 Å². The van der Waals surface area contributed by atoms with Crippen molar-refractivity contribution < 1.29 is 13.5 Å². The molecule has 0 saturated heterocycles. The molecule has 1 heterocycles. The predicted octanol–water partition coefficient (Wildman–Crippen LogP) is 3.44. The molecule has 0 spiro atoms. The van der Waals surface area contributed by atoms with Crippen molar-refractivity contribution >= 4 is 0 Å². The topological polar surface area (TPSA) is 34.1 Å². The molecule has 0 aliphatic heterocycles. The number of benzene rings is 1. The zero-order chi connectivity index (χ0) is 15.1. The minimum Gasteiger partial charge on any atom is -0.486 e. The maximum Gasteiger partial charge on any atom is 0.165 e. The van der Waals surface area contributed by atoms with Gasteiger partial charge in [-0.1, -0.05) is 13.0 Å². The van der Waals surface area contributed by atoms with Crippen molar-refractivity contribution in [2.75, 3.05) is 6.54 Å². The number of hydrogen-bond donors (Lipinski definition) is 1. The Morgan fingerprint density at radius 3 is 2.71 bits per heavy atom. The van der Waals surface area contributed by atoms with Gasteiger partial charge in [-0.15, -0.1) is 0 Å². The van der Waals surface area contributed by atoms with Crippen LogP contribution < -0.4 is 10.1 Å². The molecule has 0 aliphatic rings. The highest BCUT2D eigenvalue weighted by Gasteiger charge is 2.06. The maximum absolute atomic E-state index is 13.9. The summed E-state index contributed by atoms with van der Waals surface area (Å²) in [6, 6.07) is 6.16. The molecule has 0 bridgehead atoms. The van der Waals surface area contributed by atoms with Crippen LogP contribution in [0, 0.1) is 11.6 Å². The molecular weight excluding hydrogens is 274 g/mol. The number of hydrogen-bond acceptors (Lipinski definition) is 3. The molecule has 2 aromatic rings. The molecule has 1 N–H and O–H groups in total. The zero-order valence-electron chi connectivity index (χ0n) is 11.9. The second kappa shape index (κ2) is 7.69. The molecular formula is C16H18F2N2O. The molecule has 0 atom stereocenters. The van der Waals surface area contributed by atoms with E-state index in [1.807, 2.05) is 6.07 Å². The Labute approximate surface area is 123 Å². The fourth-order valence-corrected chi connectivity index (χ4v) is 1.88. The molecule has 0 unspecified atom stereocenters. The molecule has 5 heteroatoms. The van der Waals surface area contributed by atoms with E-state index in [9.17, 15) is 8.78 Å². The van der Waals surface area contributed by atoms with Crippen molar-refractivity contribution in [3.63, 3.8) is 0 Å². The number of aromatic nitrogens is 1. The lowest BCUT2D eigenvalue weighted by molar-refractivity contribution is 0.289. The van der Waals surface area contributed by atoms with E-state index in [0.717, 1.165) is 24.7 Å². The van der Waals surface area contributed by atoms with Gasteiger partial charge in [0.2, 0.25) is 0 Å². The molecule has 1 aromatic carbocycles. The summed E-state index contributed by atoms with van der Waals surface area (Å²) in [7, 11) is 0. The van der Waals surface area contributed by atoms with Gasteiger partial charge >= 0.3 is 0 Å². The number of nitrogens with one attached hydrogen (secondary N) is 1. The van der Waals surface area contributed by atoms with Crippen molar-refractivity contribution in [1.82, 2.24) is 10.3 Å². The summed E-state index contributed by atoms with van der Waals surface area (Å²) in [6.45, 7) is 3.67. The number of pyridine rings is 1. The molecule has 0 aliphatic carbocycles. The highest BCUT2D eigenvalue weighted by atomic mass is 19.1. The van der Waals surface area contributed by atoms with Gasteiger partial charge in [0, 0.05) is 18.3 Å². The minimum atomic E-state index is -0.436. The van der Waals surface area contributed by atoms with E-state index < -0.39 is 11.6 Å². The summed E-state index contributed by atoms with van der Waals surface area (Å²) in [5.74, 6) is -0.706. The lowest BCUT2D eigenvalue weighted by Crippen LogP contribution is -2.13. The molecule has 0 saturated carbocycles. The summed E-state index contributed by atoms with van der Waals surface area (Å²) in [6.07, 6.45) is 3.64. The van der Waals surface area contributed by atoms with E-state index in [0.29, 0.717) is 12.1 Å². The number of ether oxygens (including phenoxy) is 1. The first kappa shape index (κ1) is 15.4. The molecule has 2 rings (SSSR count). The van der Waals surface area contributed by atoms with Crippen LogP contribution in [0.1, 0.15) is 24.5 Å². The SMILES string of the molecule is CCCNCc1ccc(OCc2cncc(F)c2)c(F)c1. The third-order valence-corrected chi connectivity index (χ3v) is 2.91. The first-order valence-corrected chi connectivity index (χ1v) is 6.90. The number of halogens is 2. The van der Waals surface area contributed by atoms with Gasteiger partial charge in [0.15, 0.2) is 11.6 Å². The monoisotopic (exact) mass is 292 g/mol. The summed E-state index contributed by atoms with van der Waals surface area (Å²) < 4.78 is 32.2. The van der Waals surface area contributed by atoms with Crippen molar-refractivity contribution in [3.8, 4) is 5.75 Å². The maximum atomic E-state index is 13.9. The fourth-order valence-electron chi connectivity index (χ4n) is 1.88. The van der Waals surface area contributed by atoms with Crippen LogP contribution in [-0.2, 0) is 13.2 Å². The standard InChI is InChI=1S/C16H18F2N2O/c1-2-5-19-8-12-3-4-16(15(18)7-12)21-11-13-6-14(17)10-20-9-13/h3-4,6-7,9-10,19H,2,5,8,11H2,1H3. The van der Waals surface area contributed by atoms with Crippen LogP contribution in [-0.4, -0.2) is 11.5 Å². The predicted molar refractivity (Wildman–Crippen MR) is 76.9 cm³/mol. The van der Waals surface area contributed by atoms with E-state index in [-0.39, 0.29) is 12.4 Å². The van der Waals surface area contributed by atoms with Crippen molar-refractivity contribution in [2.24, 2.45) is 0 Å². The van der Waals surface area contributed by atoms with Gasteiger partial charge in [0.05, 0.1) is 6.20 Å². The lowest BCUT2D eigenvalue weighted by atomic mass is 10.2. The van der Waals surface area contributed by atoms with Gasteiger partial charge < -0.3 is 10.1 Å². The van der Waals surface area contributed by atoms with Crippen LogP contribution in [0.2, 0.25) is 0 Å². The Morgan fingerprint density at radius 1 is 1.14 bits per heavy atom. The van der Waals surface area contributed by atoms with Crippen molar-refractivity contribution in [3.05, 3.63) is 59.4 Å². The Morgan fingerprint density at radius 2 is 2.00 bits per heavy atom. The number of nitrogens with zero attached hydrogens (tertiary/aromatic N) is 1. The van der Waals surface area contributed by atoms with Crippen LogP contribution in [0.3, 0.4) is 0 Å². The summed E-state index contributed by atoms with van der Waals surface area (Å²) in [5, 5.41) is 3.20. The van der Waals surface area contributed by atoms with E-state index in [1.165, 1.54) is 18.3 Å². The first-order chi connectivity index (χ1) is 10.2. The van der Waals surface area contributed by atoms with Crippen LogP contribution >= 0.6 is 0 Å². The Kier molecular flexibility index (Phi) is 5.63. The summed E-state index contributed by atoms with van der Waals surface area (Å²) >= 11 is 0. The minimum absolute atomic E-state index is 0.0785.